The molecule has 0 spiro atoms. The second kappa shape index (κ2) is 4.20. The monoisotopic (exact) mass is 211 g/mol. The number of nitrogen functional groups attached to an aromatic ring is 1. The molecule has 0 radical (unpaired) electrons. The Morgan fingerprint density at radius 3 is 2.57 bits per heavy atom. The van der Waals surface area contributed by atoms with Crippen molar-refractivity contribution in [2.45, 2.75) is 6.42 Å². The molecule has 5 heteroatoms. The first kappa shape index (κ1) is 10.7. The Morgan fingerprint density at radius 2 is 2.07 bits per heavy atom. The lowest BCUT2D eigenvalue weighted by molar-refractivity contribution is -0.136. The lowest BCUT2D eigenvalue weighted by Gasteiger charge is -2.06. The summed E-state index contributed by atoms with van der Waals surface area (Å²) in [6, 6.07) is 4.78. The van der Waals surface area contributed by atoms with Crippen molar-refractivity contribution >= 4 is 26.4 Å². The third-order valence-electron chi connectivity index (χ3n) is 1.80. The molecule has 0 aromatic heterocycles. The normalized spacial score (nSPS) is 9.79. The molecule has 1 atom stereocenters. The van der Waals surface area contributed by atoms with E-state index in [4.69, 9.17) is 10.8 Å². The molecule has 0 amide bonds. The lowest BCUT2D eigenvalue weighted by Crippen LogP contribution is -2.06. The Labute approximate surface area is 83.3 Å². The van der Waals surface area contributed by atoms with E-state index in [0.717, 1.165) is 0 Å². The van der Waals surface area contributed by atoms with Crippen molar-refractivity contribution in [2.75, 3.05) is 5.73 Å². The molecular formula is C9H10NO3P. The van der Waals surface area contributed by atoms with Gasteiger partial charge in [-0.3, -0.25) is 9.59 Å². The molecular weight excluding hydrogens is 201 g/mol. The summed E-state index contributed by atoms with van der Waals surface area (Å²) in [5.41, 5.74) is 6.44. The van der Waals surface area contributed by atoms with Gasteiger partial charge in [0, 0.05) is 11.3 Å². The smallest absolute Gasteiger partial charge is 0.307 e. The summed E-state index contributed by atoms with van der Waals surface area (Å²) < 4.78 is 0. The molecule has 0 heterocycles. The number of nitrogens with two attached hydrogens (primary N) is 1. The number of carboxylic acids is 1. The Morgan fingerprint density at radius 1 is 1.43 bits per heavy atom. The van der Waals surface area contributed by atoms with Gasteiger partial charge in [-0.05, 0) is 11.6 Å². The quantitative estimate of drug-likeness (QED) is 0.575. The summed E-state index contributed by atoms with van der Waals surface area (Å²) in [6.07, 6.45) is -0.169. The SMILES string of the molecule is Nc1c(CC(=O)O)cccc1C(=O)P. The number of para-hydroxylation sites is 1. The van der Waals surface area contributed by atoms with Gasteiger partial charge in [0.25, 0.3) is 0 Å². The van der Waals surface area contributed by atoms with Gasteiger partial charge in [0.15, 0.2) is 5.52 Å². The predicted octanol–water partition coefficient (Wildman–Crippen LogP) is 0.911. The van der Waals surface area contributed by atoms with Crippen molar-refractivity contribution in [1.29, 1.82) is 0 Å². The van der Waals surface area contributed by atoms with Crippen LogP contribution in [0.3, 0.4) is 0 Å². The van der Waals surface area contributed by atoms with Crippen molar-refractivity contribution in [1.82, 2.24) is 0 Å². The minimum Gasteiger partial charge on any atom is -0.481 e. The number of benzene rings is 1. The highest BCUT2D eigenvalue weighted by molar-refractivity contribution is 7.41. The van der Waals surface area contributed by atoms with Gasteiger partial charge in [-0.1, -0.05) is 21.4 Å². The van der Waals surface area contributed by atoms with Crippen LogP contribution in [0.2, 0.25) is 0 Å². The van der Waals surface area contributed by atoms with Gasteiger partial charge in [-0.2, -0.15) is 0 Å². The second-order valence-electron chi connectivity index (χ2n) is 2.81. The molecule has 0 aliphatic rings. The Balaban J connectivity index is 3.13. The maximum Gasteiger partial charge on any atom is 0.307 e. The van der Waals surface area contributed by atoms with Crippen LogP contribution in [-0.4, -0.2) is 16.6 Å². The number of anilines is 1. The topological polar surface area (TPSA) is 80.4 Å². The molecule has 1 rings (SSSR count). The summed E-state index contributed by atoms with van der Waals surface area (Å²) in [6.45, 7) is 0. The molecule has 4 nitrogen and oxygen atoms in total. The zero-order valence-electron chi connectivity index (χ0n) is 7.36. The van der Waals surface area contributed by atoms with E-state index in [9.17, 15) is 9.59 Å². The molecule has 74 valence electrons. The molecule has 1 aromatic carbocycles. The summed E-state index contributed by atoms with van der Waals surface area (Å²) in [5.74, 6) is -0.968. The van der Waals surface area contributed by atoms with Crippen LogP contribution in [0, 0.1) is 0 Å². The highest BCUT2D eigenvalue weighted by atomic mass is 31.0. The van der Waals surface area contributed by atoms with E-state index in [-0.39, 0.29) is 17.6 Å². The Bertz CT molecular complexity index is 390. The summed E-state index contributed by atoms with van der Waals surface area (Å²) in [4.78, 5) is 21.5. The number of carbonyl (C=O) groups is 2. The standard InChI is InChI=1S/C9H10NO3P/c10-8-5(4-7(11)12)2-1-3-6(8)9(13)14/h1-3H,4,10,14H2,(H,11,12). The highest BCUT2D eigenvalue weighted by Crippen LogP contribution is 2.20. The largest absolute Gasteiger partial charge is 0.481 e. The van der Waals surface area contributed by atoms with E-state index in [1.165, 1.54) is 0 Å². The first-order valence-electron chi connectivity index (χ1n) is 3.91. The molecule has 0 saturated heterocycles. The van der Waals surface area contributed by atoms with Crippen LogP contribution in [0.5, 0.6) is 0 Å². The highest BCUT2D eigenvalue weighted by Gasteiger charge is 2.10. The van der Waals surface area contributed by atoms with E-state index in [1.807, 2.05) is 9.24 Å². The van der Waals surface area contributed by atoms with Gasteiger partial charge in [-0.15, -0.1) is 0 Å². The van der Waals surface area contributed by atoms with Gasteiger partial charge in [0.1, 0.15) is 0 Å². The summed E-state index contributed by atoms with van der Waals surface area (Å²) in [7, 11) is 2.01. The Hall–Kier alpha value is -1.41. The molecule has 1 unspecified atom stereocenters. The van der Waals surface area contributed by atoms with Crippen molar-refractivity contribution in [3.8, 4) is 0 Å². The first-order chi connectivity index (χ1) is 6.52. The maximum absolute atomic E-state index is 11.0. The minimum absolute atomic E-state index is 0.169. The molecule has 0 fully saturated rings. The zero-order valence-corrected chi connectivity index (χ0v) is 8.51. The molecule has 3 N–H and O–H groups in total. The minimum atomic E-state index is -0.968. The van der Waals surface area contributed by atoms with E-state index in [1.54, 1.807) is 18.2 Å². The second-order valence-corrected chi connectivity index (χ2v) is 3.34. The van der Waals surface area contributed by atoms with Crippen molar-refractivity contribution in [3.63, 3.8) is 0 Å². The van der Waals surface area contributed by atoms with Crippen molar-refractivity contribution < 1.29 is 14.7 Å². The molecule has 0 bridgehead atoms. The molecule has 1 aromatic rings. The van der Waals surface area contributed by atoms with Crippen molar-refractivity contribution in [2.24, 2.45) is 0 Å². The third-order valence-corrected chi connectivity index (χ3v) is 2.11. The molecule has 14 heavy (non-hydrogen) atoms. The predicted molar refractivity (Wildman–Crippen MR) is 56.2 cm³/mol. The van der Waals surface area contributed by atoms with Crippen LogP contribution in [0.25, 0.3) is 0 Å². The van der Waals surface area contributed by atoms with Crippen LogP contribution in [-0.2, 0) is 11.2 Å². The van der Waals surface area contributed by atoms with E-state index >= 15 is 0 Å². The van der Waals surface area contributed by atoms with Crippen LogP contribution >= 0.6 is 9.24 Å². The molecule has 0 aliphatic heterocycles. The number of hydrogen-bond acceptors (Lipinski definition) is 3. The number of rotatable bonds is 3. The lowest BCUT2D eigenvalue weighted by atomic mass is 10.1. The van der Waals surface area contributed by atoms with Gasteiger partial charge in [0.2, 0.25) is 0 Å². The van der Waals surface area contributed by atoms with E-state index < -0.39 is 5.97 Å². The molecule has 0 aliphatic carbocycles. The van der Waals surface area contributed by atoms with Gasteiger partial charge >= 0.3 is 5.97 Å². The van der Waals surface area contributed by atoms with Crippen LogP contribution in [0.15, 0.2) is 18.2 Å². The maximum atomic E-state index is 11.0. The Kier molecular flexibility index (Phi) is 3.20. The fourth-order valence-electron chi connectivity index (χ4n) is 1.14. The van der Waals surface area contributed by atoms with Crippen LogP contribution in [0.1, 0.15) is 15.9 Å². The number of carbonyl (C=O) groups excluding carboxylic acids is 1. The third kappa shape index (κ3) is 2.30. The first-order valence-corrected chi connectivity index (χ1v) is 4.49. The van der Waals surface area contributed by atoms with E-state index in [0.29, 0.717) is 11.1 Å². The van der Waals surface area contributed by atoms with Gasteiger partial charge < -0.3 is 10.8 Å². The van der Waals surface area contributed by atoms with Crippen LogP contribution < -0.4 is 5.73 Å². The number of carboxylic acid groups (broad SMARTS) is 1. The molecule has 0 saturated carbocycles. The summed E-state index contributed by atoms with van der Waals surface area (Å²) >= 11 is 0. The number of aliphatic carboxylic acids is 1. The summed E-state index contributed by atoms with van der Waals surface area (Å²) in [5, 5.41) is 8.58. The van der Waals surface area contributed by atoms with E-state index in [2.05, 4.69) is 0 Å². The van der Waals surface area contributed by atoms with Gasteiger partial charge in [0.05, 0.1) is 6.42 Å². The average molecular weight is 211 g/mol. The number of hydrogen-bond donors (Lipinski definition) is 2. The van der Waals surface area contributed by atoms with Crippen molar-refractivity contribution in [3.05, 3.63) is 29.3 Å². The fraction of sp³-hybridized carbons (Fsp3) is 0.111. The average Bonchev–Trinajstić information content (AvgIpc) is 2.07. The van der Waals surface area contributed by atoms with Gasteiger partial charge in [-0.25, -0.2) is 0 Å². The van der Waals surface area contributed by atoms with Crippen LogP contribution in [0.4, 0.5) is 5.69 Å². The zero-order chi connectivity index (χ0) is 10.7. The fourth-order valence-corrected chi connectivity index (χ4v) is 1.40.